The highest BCUT2D eigenvalue weighted by Crippen LogP contribution is 2.26. The number of primary sulfonamides is 1. The van der Waals surface area contributed by atoms with E-state index in [0.29, 0.717) is 0 Å². The molecule has 31 heavy (non-hydrogen) atoms. The summed E-state index contributed by atoms with van der Waals surface area (Å²) in [5.74, 6) is 6.56. The Balaban J connectivity index is 1.38. The van der Waals surface area contributed by atoms with Crippen molar-refractivity contribution in [3.63, 3.8) is 0 Å². The molecule has 0 saturated heterocycles. The Morgan fingerprint density at radius 3 is 2.42 bits per heavy atom. The van der Waals surface area contributed by atoms with Gasteiger partial charge in [0.05, 0.1) is 18.1 Å². The van der Waals surface area contributed by atoms with E-state index in [1.807, 2.05) is 42.5 Å². The van der Waals surface area contributed by atoms with Gasteiger partial charge in [-0.2, -0.15) is 0 Å². The average molecular weight is 437 g/mol. The minimum atomic E-state index is -3.65. The Morgan fingerprint density at radius 1 is 1.00 bits per heavy atom. The van der Waals surface area contributed by atoms with E-state index in [9.17, 15) is 8.42 Å². The summed E-state index contributed by atoms with van der Waals surface area (Å²) in [6.07, 6.45) is 1.05. The lowest BCUT2D eigenvalue weighted by Gasteiger charge is -2.42. The van der Waals surface area contributed by atoms with E-state index < -0.39 is 10.0 Å². The molecule has 0 spiro atoms. The Hall–Kier alpha value is -2.63. The van der Waals surface area contributed by atoms with E-state index in [-0.39, 0.29) is 4.90 Å². The van der Waals surface area contributed by atoms with Crippen LogP contribution in [0.3, 0.4) is 0 Å². The molecule has 6 nitrogen and oxygen atoms in total. The molecule has 0 unspecified atom stereocenters. The number of sulfonamides is 1. The number of hydrogen-bond acceptors (Lipinski definition) is 5. The third-order valence-corrected chi connectivity index (χ3v) is 6.67. The van der Waals surface area contributed by atoms with Crippen LogP contribution in [0.25, 0.3) is 0 Å². The fraction of sp³-hybridized carbons (Fsp3) is 0.333. The predicted octanol–water partition coefficient (Wildman–Crippen LogP) is 2.05. The smallest absolute Gasteiger partial charge is 0.238 e. The summed E-state index contributed by atoms with van der Waals surface area (Å²) in [6.45, 7) is 5.28. The van der Waals surface area contributed by atoms with Crippen LogP contribution in [0.5, 0.6) is 0 Å². The quantitative estimate of drug-likeness (QED) is 0.743. The standard InChI is InChI=1S/C24H28N4O2S/c1-26-19-28(16-21-9-11-23(12-10-21)31(25,29)30)18-22-17-27(15-13-24(22)26)14-5-8-20-6-3-2-4-7-20/h2-4,6-7,9-12H,13-19H2,1H3,(H2,25,29,30). The van der Waals surface area contributed by atoms with Crippen molar-refractivity contribution in [3.8, 4) is 11.8 Å². The zero-order valence-corrected chi connectivity index (χ0v) is 18.6. The molecule has 0 radical (unpaired) electrons. The molecule has 2 aliphatic heterocycles. The number of nitrogens with two attached hydrogens (primary N) is 1. The molecule has 0 amide bonds. The van der Waals surface area contributed by atoms with Gasteiger partial charge in [-0.3, -0.25) is 9.80 Å². The third kappa shape index (κ3) is 5.54. The normalized spacial score (nSPS) is 17.8. The molecular weight excluding hydrogens is 408 g/mol. The molecule has 2 aliphatic rings. The third-order valence-electron chi connectivity index (χ3n) is 5.74. The monoisotopic (exact) mass is 436 g/mol. The van der Waals surface area contributed by atoms with E-state index in [1.54, 1.807) is 12.1 Å². The van der Waals surface area contributed by atoms with Gasteiger partial charge in [-0.1, -0.05) is 42.2 Å². The molecule has 0 bridgehead atoms. The second kappa shape index (κ2) is 9.25. The van der Waals surface area contributed by atoms with Crippen molar-refractivity contribution in [2.24, 2.45) is 5.14 Å². The zero-order chi connectivity index (χ0) is 21.8. The lowest BCUT2D eigenvalue weighted by Crippen LogP contribution is -2.47. The summed E-state index contributed by atoms with van der Waals surface area (Å²) < 4.78 is 22.9. The van der Waals surface area contributed by atoms with Crippen LogP contribution in [-0.4, -0.2) is 63.0 Å². The van der Waals surface area contributed by atoms with E-state index in [4.69, 9.17) is 5.14 Å². The van der Waals surface area contributed by atoms with Crippen LogP contribution in [0, 0.1) is 11.8 Å². The lowest BCUT2D eigenvalue weighted by atomic mass is 10.0. The molecule has 2 N–H and O–H groups in total. The van der Waals surface area contributed by atoms with E-state index >= 15 is 0 Å². The maximum atomic E-state index is 11.5. The van der Waals surface area contributed by atoms with Gasteiger partial charge in [0.15, 0.2) is 0 Å². The summed E-state index contributed by atoms with van der Waals surface area (Å²) >= 11 is 0. The summed E-state index contributed by atoms with van der Waals surface area (Å²) in [4.78, 5) is 7.28. The van der Waals surface area contributed by atoms with Gasteiger partial charge in [0.25, 0.3) is 0 Å². The van der Waals surface area contributed by atoms with Crippen LogP contribution in [0.2, 0.25) is 0 Å². The molecule has 0 aromatic heterocycles. The topological polar surface area (TPSA) is 69.9 Å². The van der Waals surface area contributed by atoms with Crippen LogP contribution >= 0.6 is 0 Å². The van der Waals surface area contributed by atoms with Crippen molar-refractivity contribution in [1.29, 1.82) is 0 Å². The number of benzene rings is 2. The molecule has 2 aromatic rings. The van der Waals surface area contributed by atoms with Gasteiger partial charge in [0.2, 0.25) is 10.0 Å². The van der Waals surface area contributed by atoms with Crippen LogP contribution < -0.4 is 5.14 Å². The Labute approximate surface area is 185 Å². The van der Waals surface area contributed by atoms with Crippen molar-refractivity contribution in [2.75, 3.05) is 39.9 Å². The van der Waals surface area contributed by atoms with Crippen molar-refractivity contribution < 1.29 is 8.42 Å². The van der Waals surface area contributed by atoms with E-state index in [2.05, 4.69) is 33.6 Å². The first-order chi connectivity index (χ1) is 14.9. The van der Waals surface area contributed by atoms with Crippen molar-refractivity contribution in [2.45, 2.75) is 17.9 Å². The Kier molecular flexibility index (Phi) is 6.44. The van der Waals surface area contributed by atoms with Gasteiger partial charge in [0.1, 0.15) is 0 Å². The predicted molar refractivity (Wildman–Crippen MR) is 122 cm³/mol. The van der Waals surface area contributed by atoms with Gasteiger partial charge < -0.3 is 4.90 Å². The maximum Gasteiger partial charge on any atom is 0.238 e. The SMILES string of the molecule is CN1CN(Cc2ccc(S(N)(=O)=O)cc2)CC2=C1CCN(CC#Cc1ccccc1)C2. The minimum absolute atomic E-state index is 0.150. The number of nitrogens with zero attached hydrogens (tertiary/aromatic N) is 3. The molecular formula is C24H28N4O2S. The van der Waals surface area contributed by atoms with Crippen LogP contribution in [0.4, 0.5) is 0 Å². The molecule has 2 aromatic carbocycles. The van der Waals surface area contributed by atoms with Crippen molar-refractivity contribution in [3.05, 3.63) is 77.0 Å². The number of hydrogen-bond donors (Lipinski definition) is 1. The first-order valence-electron chi connectivity index (χ1n) is 10.4. The molecule has 2 heterocycles. The second-order valence-corrected chi connectivity index (χ2v) is 9.76. The molecule has 0 aliphatic carbocycles. The lowest BCUT2D eigenvalue weighted by molar-refractivity contribution is 0.137. The fourth-order valence-electron chi connectivity index (χ4n) is 4.25. The van der Waals surface area contributed by atoms with E-state index in [0.717, 1.165) is 56.9 Å². The average Bonchev–Trinajstić information content (AvgIpc) is 2.74. The molecule has 162 valence electrons. The summed E-state index contributed by atoms with van der Waals surface area (Å²) in [6, 6.07) is 16.9. The Bertz CT molecular complexity index is 1120. The first kappa shape index (κ1) is 21.6. The number of rotatable bonds is 4. The van der Waals surface area contributed by atoms with Gasteiger partial charge in [-0.15, -0.1) is 0 Å². The molecule has 7 heteroatoms. The zero-order valence-electron chi connectivity index (χ0n) is 17.8. The molecule has 0 saturated carbocycles. The van der Waals surface area contributed by atoms with Crippen molar-refractivity contribution in [1.82, 2.24) is 14.7 Å². The Morgan fingerprint density at radius 2 is 1.71 bits per heavy atom. The van der Waals surface area contributed by atoms with Crippen LogP contribution in [0.1, 0.15) is 17.5 Å². The fourth-order valence-corrected chi connectivity index (χ4v) is 4.76. The van der Waals surface area contributed by atoms with Gasteiger partial charge in [-0.25, -0.2) is 13.6 Å². The van der Waals surface area contributed by atoms with Gasteiger partial charge in [-0.05, 0) is 35.4 Å². The highest BCUT2D eigenvalue weighted by molar-refractivity contribution is 7.89. The molecule has 0 atom stereocenters. The minimum Gasteiger partial charge on any atom is -0.365 e. The maximum absolute atomic E-state index is 11.5. The summed E-state index contributed by atoms with van der Waals surface area (Å²) in [7, 11) is -1.51. The van der Waals surface area contributed by atoms with Gasteiger partial charge in [0, 0.05) is 50.9 Å². The second-order valence-electron chi connectivity index (χ2n) is 8.19. The van der Waals surface area contributed by atoms with Crippen molar-refractivity contribution >= 4 is 10.0 Å². The van der Waals surface area contributed by atoms with Crippen LogP contribution in [0.15, 0.2) is 70.8 Å². The van der Waals surface area contributed by atoms with E-state index in [1.165, 1.54) is 11.3 Å². The van der Waals surface area contributed by atoms with Gasteiger partial charge >= 0.3 is 0 Å². The highest BCUT2D eigenvalue weighted by Gasteiger charge is 2.27. The van der Waals surface area contributed by atoms with Crippen LogP contribution in [-0.2, 0) is 16.6 Å². The largest absolute Gasteiger partial charge is 0.365 e. The first-order valence-corrected chi connectivity index (χ1v) is 12.0. The highest BCUT2D eigenvalue weighted by atomic mass is 32.2. The molecule has 4 rings (SSSR count). The summed E-state index contributed by atoms with van der Waals surface area (Å²) in [5.41, 5.74) is 5.03. The summed E-state index contributed by atoms with van der Waals surface area (Å²) in [5, 5.41) is 5.20. The molecule has 0 fully saturated rings.